The Morgan fingerprint density at radius 3 is 2.58 bits per heavy atom. The van der Waals surface area contributed by atoms with Gasteiger partial charge in [0.15, 0.2) is 5.76 Å². The van der Waals surface area contributed by atoms with Crippen LogP contribution in [0.15, 0.2) is 45.4 Å². The van der Waals surface area contributed by atoms with Crippen molar-refractivity contribution < 1.29 is 13.8 Å². The third kappa shape index (κ3) is 4.23. The Morgan fingerprint density at radius 1 is 1.12 bits per heavy atom. The van der Waals surface area contributed by atoms with Crippen LogP contribution in [0.2, 0.25) is 5.02 Å². The van der Waals surface area contributed by atoms with Gasteiger partial charge in [0.1, 0.15) is 5.76 Å². The van der Waals surface area contributed by atoms with E-state index in [0.717, 1.165) is 11.3 Å². The fourth-order valence-corrected chi connectivity index (χ4v) is 2.36. The molecule has 0 aliphatic heterocycles. The molecule has 6 nitrogen and oxygen atoms in total. The molecular weight excluding hydrogens is 330 g/mol. The number of nitrogens with one attached hydrogen (secondary N) is 1. The number of nitrogens with zero attached hydrogens (tertiary/aromatic N) is 2. The molecule has 2 aromatic heterocycles. The van der Waals surface area contributed by atoms with Crippen molar-refractivity contribution in [3.8, 4) is 11.3 Å². The number of hydrogen-bond acceptors (Lipinski definition) is 5. The van der Waals surface area contributed by atoms with Crippen LogP contribution in [0.25, 0.3) is 11.3 Å². The molecule has 0 fully saturated rings. The fraction of sp³-hybridized carbons (Fsp3) is 0.235. The lowest BCUT2D eigenvalue weighted by atomic mass is 10.1. The largest absolute Gasteiger partial charge is 0.361 e. The summed E-state index contributed by atoms with van der Waals surface area (Å²) in [6, 6.07) is 10.9. The zero-order valence-electron chi connectivity index (χ0n) is 13.1. The lowest BCUT2D eigenvalue weighted by Crippen LogP contribution is -2.27. The summed E-state index contributed by atoms with van der Waals surface area (Å²) in [6.07, 6.45) is 0.785. The SMILES string of the molecule is Cc1cc(CC(=O)NCCc2cc(-c3ccc(Cl)cc3)on2)no1. The lowest BCUT2D eigenvalue weighted by molar-refractivity contribution is -0.120. The number of hydrogen-bond donors (Lipinski definition) is 1. The lowest BCUT2D eigenvalue weighted by Gasteiger charge is -2.01. The Hall–Kier alpha value is -2.60. The van der Waals surface area contributed by atoms with Gasteiger partial charge in [-0.2, -0.15) is 0 Å². The average Bonchev–Trinajstić information content (AvgIpc) is 3.17. The van der Waals surface area contributed by atoms with Gasteiger partial charge in [-0.25, -0.2) is 0 Å². The van der Waals surface area contributed by atoms with Gasteiger partial charge in [0.2, 0.25) is 5.91 Å². The molecular formula is C17H16ClN3O3. The number of carbonyl (C=O) groups excluding carboxylic acids is 1. The van der Waals surface area contributed by atoms with E-state index in [0.29, 0.717) is 35.2 Å². The maximum Gasteiger partial charge on any atom is 0.226 e. The number of rotatable bonds is 6. The molecule has 0 aliphatic carbocycles. The first-order valence-corrected chi connectivity index (χ1v) is 7.88. The standard InChI is InChI=1S/C17H16ClN3O3/c1-11-8-15(21-23-11)10-17(22)19-7-6-14-9-16(24-20-14)12-2-4-13(18)5-3-12/h2-5,8-9H,6-7,10H2,1H3,(H,19,22). The van der Waals surface area contributed by atoms with Gasteiger partial charge in [0.05, 0.1) is 17.8 Å². The first kappa shape index (κ1) is 16.3. The van der Waals surface area contributed by atoms with Crippen LogP contribution in [0.3, 0.4) is 0 Å². The highest BCUT2D eigenvalue weighted by molar-refractivity contribution is 6.30. The zero-order valence-corrected chi connectivity index (χ0v) is 13.8. The predicted molar refractivity (Wildman–Crippen MR) is 88.6 cm³/mol. The summed E-state index contributed by atoms with van der Waals surface area (Å²) < 4.78 is 10.2. The molecule has 24 heavy (non-hydrogen) atoms. The molecule has 0 saturated heterocycles. The summed E-state index contributed by atoms with van der Waals surface area (Å²) in [5.74, 6) is 1.26. The summed E-state index contributed by atoms with van der Waals surface area (Å²) in [7, 11) is 0. The van der Waals surface area contributed by atoms with Gasteiger partial charge in [-0.1, -0.05) is 21.9 Å². The normalized spacial score (nSPS) is 10.8. The Bertz CT molecular complexity index is 824. The van der Waals surface area contributed by atoms with E-state index in [9.17, 15) is 4.79 Å². The van der Waals surface area contributed by atoms with E-state index in [1.807, 2.05) is 18.2 Å². The van der Waals surface area contributed by atoms with Crippen LogP contribution in [0.4, 0.5) is 0 Å². The molecule has 0 spiro atoms. The Labute approximate surface area is 143 Å². The van der Waals surface area contributed by atoms with Crippen molar-refractivity contribution in [3.05, 3.63) is 58.6 Å². The second-order valence-electron chi connectivity index (χ2n) is 5.40. The first-order chi connectivity index (χ1) is 11.6. The third-order valence-electron chi connectivity index (χ3n) is 3.41. The average molecular weight is 346 g/mol. The summed E-state index contributed by atoms with van der Waals surface area (Å²) in [5, 5.41) is 11.3. The Morgan fingerprint density at radius 2 is 1.88 bits per heavy atom. The maximum atomic E-state index is 11.8. The van der Waals surface area contributed by atoms with E-state index in [-0.39, 0.29) is 12.3 Å². The smallest absolute Gasteiger partial charge is 0.226 e. The molecule has 0 saturated carbocycles. The number of aromatic nitrogens is 2. The monoisotopic (exact) mass is 345 g/mol. The third-order valence-corrected chi connectivity index (χ3v) is 3.66. The molecule has 0 atom stereocenters. The second kappa shape index (κ2) is 7.31. The van der Waals surface area contributed by atoms with E-state index < -0.39 is 0 Å². The number of carbonyl (C=O) groups is 1. The van der Waals surface area contributed by atoms with Gasteiger partial charge in [0.25, 0.3) is 0 Å². The van der Waals surface area contributed by atoms with Crippen molar-refractivity contribution in [2.45, 2.75) is 19.8 Å². The molecule has 1 N–H and O–H groups in total. The number of amides is 1. The summed E-state index contributed by atoms with van der Waals surface area (Å²) in [5.41, 5.74) is 2.30. The van der Waals surface area contributed by atoms with Crippen molar-refractivity contribution in [1.29, 1.82) is 0 Å². The van der Waals surface area contributed by atoms with Crippen LogP contribution in [0.1, 0.15) is 17.1 Å². The minimum absolute atomic E-state index is 0.107. The molecule has 0 aliphatic rings. The highest BCUT2D eigenvalue weighted by Crippen LogP contribution is 2.22. The van der Waals surface area contributed by atoms with Gasteiger partial charge < -0.3 is 14.4 Å². The highest BCUT2D eigenvalue weighted by Gasteiger charge is 2.09. The van der Waals surface area contributed by atoms with E-state index in [4.69, 9.17) is 20.6 Å². The van der Waals surface area contributed by atoms with Gasteiger partial charge in [-0.05, 0) is 31.2 Å². The number of aryl methyl sites for hydroxylation is 1. The Balaban J connectivity index is 1.48. The van der Waals surface area contributed by atoms with E-state index in [1.54, 1.807) is 25.1 Å². The Kier molecular flexibility index (Phi) is 4.96. The second-order valence-corrected chi connectivity index (χ2v) is 5.83. The minimum atomic E-state index is -0.107. The molecule has 0 radical (unpaired) electrons. The van der Waals surface area contributed by atoms with E-state index >= 15 is 0 Å². The van der Waals surface area contributed by atoms with Crippen LogP contribution in [-0.2, 0) is 17.6 Å². The quantitative estimate of drug-likeness (QED) is 0.742. The van der Waals surface area contributed by atoms with Crippen LogP contribution in [0.5, 0.6) is 0 Å². The molecule has 2 heterocycles. The minimum Gasteiger partial charge on any atom is -0.361 e. The van der Waals surface area contributed by atoms with Crippen LogP contribution >= 0.6 is 11.6 Å². The fourth-order valence-electron chi connectivity index (χ4n) is 2.24. The summed E-state index contributed by atoms with van der Waals surface area (Å²) >= 11 is 5.87. The van der Waals surface area contributed by atoms with Crippen molar-refractivity contribution in [1.82, 2.24) is 15.6 Å². The van der Waals surface area contributed by atoms with Crippen LogP contribution in [-0.4, -0.2) is 22.8 Å². The molecule has 3 rings (SSSR count). The topological polar surface area (TPSA) is 81.2 Å². The van der Waals surface area contributed by atoms with Crippen LogP contribution < -0.4 is 5.32 Å². The van der Waals surface area contributed by atoms with E-state index in [1.165, 1.54) is 0 Å². The first-order valence-electron chi connectivity index (χ1n) is 7.50. The van der Waals surface area contributed by atoms with Gasteiger partial charge >= 0.3 is 0 Å². The van der Waals surface area contributed by atoms with Crippen molar-refractivity contribution in [3.63, 3.8) is 0 Å². The molecule has 7 heteroatoms. The molecule has 124 valence electrons. The maximum absolute atomic E-state index is 11.8. The van der Waals surface area contributed by atoms with Gasteiger partial charge in [0, 0.05) is 35.7 Å². The number of halogens is 1. The van der Waals surface area contributed by atoms with Crippen molar-refractivity contribution in [2.24, 2.45) is 0 Å². The molecule has 0 bridgehead atoms. The highest BCUT2D eigenvalue weighted by atomic mass is 35.5. The van der Waals surface area contributed by atoms with Crippen molar-refractivity contribution >= 4 is 17.5 Å². The molecule has 1 aromatic carbocycles. The predicted octanol–water partition coefficient (Wildman–Crippen LogP) is 3.19. The summed E-state index contributed by atoms with van der Waals surface area (Å²) in [4.78, 5) is 11.8. The summed E-state index contributed by atoms with van der Waals surface area (Å²) in [6.45, 7) is 2.26. The van der Waals surface area contributed by atoms with Crippen LogP contribution in [0, 0.1) is 6.92 Å². The van der Waals surface area contributed by atoms with Gasteiger partial charge in [-0.15, -0.1) is 0 Å². The van der Waals surface area contributed by atoms with Crippen molar-refractivity contribution in [2.75, 3.05) is 6.54 Å². The molecule has 1 amide bonds. The zero-order chi connectivity index (χ0) is 16.9. The van der Waals surface area contributed by atoms with Gasteiger partial charge in [-0.3, -0.25) is 4.79 Å². The van der Waals surface area contributed by atoms with E-state index in [2.05, 4.69) is 15.6 Å². The number of benzene rings is 1. The molecule has 0 unspecified atom stereocenters. The molecule has 3 aromatic rings.